The van der Waals surface area contributed by atoms with E-state index in [0.29, 0.717) is 12.2 Å². The Kier molecular flexibility index (Phi) is 3.17. The molecule has 0 aliphatic heterocycles. The van der Waals surface area contributed by atoms with Crippen molar-refractivity contribution < 1.29 is 4.79 Å². The lowest BCUT2D eigenvalue weighted by atomic mass is 10.1. The molecule has 0 unspecified atom stereocenters. The van der Waals surface area contributed by atoms with Gasteiger partial charge in [-0.3, -0.25) is 4.79 Å². The Hall–Kier alpha value is -0.760. The lowest BCUT2D eigenvalue weighted by Gasteiger charge is -1.96. The van der Waals surface area contributed by atoms with Gasteiger partial charge < -0.3 is 0 Å². The van der Waals surface area contributed by atoms with E-state index in [9.17, 15) is 4.79 Å². The van der Waals surface area contributed by atoms with Gasteiger partial charge in [-0.15, -0.1) is 0 Å². The molecule has 0 saturated heterocycles. The van der Waals surface area contributed by atoms with E-state index in [0.717, 1.165) is 5.56 Å². The molecule has 1 nitrogen and oxygen atoms in total. The molecule has 58 valence electrons. The Morgan fingerprint density at radius 3 is 2.45 bits per heavy atom. The normalized spacial score (nSPS) is 9.55. The predicted molar refractivity (Wildman–Crippen MR) is 49.0 cm³/mol. The molecule has 11 heavy (non-hydrogen) atoms. The highest BCUT2D eigenvalue weighted by atomic mass is 32.1. The van der Waals surface area contributed by atoms with Gasteiger partial charge in [-0.05, 0) is 5.56 Å². The van der Waals surface area contributed by atoms with Crippen LogP contribution in [0.3, 0.4) is 0 Å². The van der Waals surface area contributed by atoms with Crippen LogP contribution < -0.4 is 0 Å². The standard InChI is InChI=1S/C9H10OS/c10-9(7-11)6-8-4-2-1-3-5-8/h1-5,11H,6-7H2. The van der Waals surface area contributed by atoms with Gasteiger partial charge in [0.2, 0.25) is 0 Å². The molecule has 0 aliphatic rings. The summed E-state index contributed by atoms with van der Waals surface area (Å²) in [4.78, 5) is 10.9. The van der Waals surface area contributed by atoms with Crippen LogP contribution in [0.4, 0.5) is 0 Å². The average Bonchev–Trinajstić information content (AvgIpc) is 2.06. The first kappa shape index (κ1) is 8.34. The molecule has 0 atom stereocenters. The van der Waals surface area contributed by atoms with Gasteiger partial charge >= 0.3 is 0 Å². The minimum absolute atomic E-state index is 0.166. The Morgan fingerprint density at radius 1 is 1.27 bits per heavy atom. The molecule has 0 fully saturated rings. The van der Waals surface area contributed by atoms with E-state index in [1.807, 2.05) is 30.3 Å². The third-order valence-corrected chi connectivity index (χ3v) is 1.77. The molecule has 0 bridgehead atoms. The van der Waals surface area contributed by atoms with Crippen LogP contribution in [0.25, 0.3) is 0 Å². The van der Waals surface area contributed by atoms with E-state index < -0.39 is 0 Å². The van der Waals surface area contributed by atoms with E-state index >= 15 is 0 Å². The highest BCUT2D eigenvalue weighted by Crippen LogP contribution is 2.00. The number of ketones is 1. The SMILES string of the molecule is O=C(CS)Cc1ccccc1. The molecule has 0 saturated carbocycles. The van der Waals surface area contributed by atoms with Crippen molar-refractivity contribution in [2.75, 3.05) is 5.75 Å². The maximum Gasteiger partial charge on any atom is 0.146 e. The van der Waals surface area contributed by atoms with Crippen molar-refractivity contribution >= 4 is 18.4 Å². The molecular weight excluding hydrogens is 156 g/mol. The van der Waals surface area contributed by atoms with Crippen molar-refractivity contribution in [3.05, 3.63) is 35.9 Å². The maximum absolute atomic E-state index is 10.9. The molecule has 1 aromatic rings. The van der Waals surface area contributed by atoms with Gasteiger partial charge in [-0.1, -0.05) is 30.3 Å². The second-order valence-corrected chi connectivity index (χ2v) is 2.68. The van der Waals surface area contributed by atoms with Gasteiger partial charge in [-0.2, -0.15) is 12.6 Å². The van der Waals surface area contributed by atoms with E-state index in [1.165, 1.54) is 0 Å². The molecule has 2 heteroatoms. The number of hydrogen-bond acceptors (Lipinski definition) is 2. The molecule has 0 radical (unpaired) electrons. The monoisotopic (exact) mass is 166 g/mol. The summed E-state index contributed by atoms with van der Waals surface area (Å²) in [6, 6.07) is 9.69. The fourth-order valence-corrected chi connectivity index (χ4v) is 0.991. The topological polar surface area (TPSA) is 17.1 Å². The van der Waals surface area contributed by atoms with Crippen LogP contribution in [0.15, 0.2) is 30.3 Å². The van der Waals surface area contributed by atoms with Gasteiger partial charge in [0.25, 0.3) is 0 Å². The van der Waals surface area contributed by atoms with Crippen LogP contribution in [0, 0.1) is 0 Å². The second kappa shape index (κ2) is 4.19. The highest BCUT2D eigenvalue weighted by Gasteiger charge is 1.98. The Bertz CT molecular complexity index is 231. The summed E-state index contributed by atoms with van der Waals surface area (Å²) in [6.45, 7) is 0. The third-order valence-electron chi connectivity index (χ3n) is 1.42. The van der Waals surface area contributed by atoms with Crippen molar-refractivity contribution in [2.45, 2.75) is 6.42 Å². The van der Waals surface area contributed by atoms with E-state index in [1.54, 1.807) is 0 Å². The maximum atomic E-state index is 10.9. The Morgan fingerprint density at radius 2 is 1.91 bits per heavy atom. The van der Waals surface area contributed by atoms with Crippen LogP contribution >= 0.6 is 12.6 Å². The van der Waals surface area contributed by atoms with Gasteiger partial charge in [0.05, 0.1) is 0 Å². The lowest BCUT2D eigenvalue weighted by molar-refractivity contribution is -0.115. The summed E-state index contributed by atoms with van der Waals surface area (Å²) in [7, 11) is 0. The minimum Gasteiger partial charge on any atom is -0.298 e. The zero-order chi connectivity index (χ0) is 8.10. The minimum atomic E-state index is 0.166. The Labute approximate surface area is 71.8 Å². The van der Waals surface area contributed by atoms with E-state index in [4.69, 9.17) is 0 Å². The smallest absolute Gasteiger partial charge is 0.146 e. The van der Waals surface area contributed by atoms with Crippen molar-refractivity contribution in [1.29, 1.82) is 0 Å². The van der Waals surface area contributed by atoms with Crippen LogP contribution in [0.5, 0.6) is 0 Å². The molecule has 0 heterocycles. The molecule has 0 N–H and O–H groups in total. The van der Waals surface area contributed by atoms with Crippen molar-refractivity contribution in [2.24, 2.45) is 0 Å². The van der Waals surface area contributed by atoms with Crippen LogP contribution in [0.2, 0.25) is 0 Å². The van der Waals surface area contributed by atoms with Crippen LogP contribution in [-0.2, 0) is 11.2 Å². The van der Waals surface area contributed by atoms with Gasteiger partial charge in [0.1, 0.15) is 5.78 Å². The summed E-state index contributed by atoms with van der Waals surface area (Å²) in [6.07, 6.45) is 0.504. The molecule has 0 amide bonds. The van der Waals surface area contributed by atoms with Gasteiger partial charge in [-0.25, -0.2) is 0 Å². The third kappa shape index (κ3) is 2.76. The summed E-state index contributed by atoms with van der Waals surface area (Å²) < 4.78 is 0. The van der Waals surface area contributed by atoms with Gasteiger partial charge in [0, 0.05) is 12.2 Å². The zero-order valence-electron chi connectivity index (χ0n) is 6.16. The molecule has 0 aromatic heterocycles. The second-order valence-electron chi connectivity index (χ2n) is 2.36. The number of rotatable bonds is 3. The molecule has 0 spiro atoms. The number of Topliss-reactive ketones (excluding diaryl/α,β-unsaturated/α-hetero) is 1. The van der Waals surface area contributed by atoms with E-state index in [-0.39, 0.29) is 5.78 Å². The highest BCUT2D eigenvalue weighted by molar-refractivity contribution is 7.81. The lowest BCUT2D eigenvalue weighted by Crippen LogP contribution is -2.03. The van der Waals surface area contributed by atoms with Crippen molar-refractivity contribution in [1.82, 2.24) is 0 Å². The summed E-state index contributed by atoms with van der Waals surface area (Å²) in [5.74, 6) is 0.495. The van der Waals surface area contributed by atoms with Crippen LogP contribution in [-0.4, -0.2) is 11.5 Å². The van der Waals surface area contributed by atoms with Gasteiger partial charge in [0.15, 0.2) is 0 Å². The fourth-order valence-electron chi connectivity index (χ4n) is 0.879. The number of carbonyl (C=O) groups is 1. The van der Waals surface area contributed by atoms with Crippen molar-refractivity contribution in [3.8, 4) is 0 Å². The quantitative estimate of drug-likeness (QED) is 0.677. The zero-order valence-corrected chi connectivity index (χ0v) is 7.05. The molecular formula is C9H10OS. The number of hydrogen-bond donors (Lipinski definition) is 1. The van der Waals surface area contributed by atoms with Crippen molar-refractivity contribution in [3.63, 3.8) is 0 Å². The largest absolute Gasteiger partial charge is 0.298 e. The number of carbonyl (C=O) groups excluding carboxylic acids is 1. The first-order valence-corrected chi connectivity index (χ1v) is 4.12. The molecule has 0 aliphatic carbocycles. The Balaban J connectivity index is 2.58. The average molecular weight is 166 g/mol. The number of benzene rings is 1. The first-order chi connectivity index (χ1) is 5.33. The summed E-state index contributed by atoms with van der Waals surface area (Å²) in [5.41, 5.74) is 1.06. The molecule has 1 aromatic carbocycles. The summed E-state index contributed by atoms with van der Waals surface area (Å²) in [5, 5.41) is 0. The number of thiol groups is 1. The van der Waals surface area contributed by atoms with Crippen LogP contribution in [0.1, 0.15) is 5.56 Å². The fraction of sp³-hybridized carbons (Fsp3) is 0.222. The first-order valence-electron chi connectivity index (χ1n) is 3.49. The molecule has 1 rings (SSSR count). The van der Waals surface area contributed by atoms with E-state index in [2.05, 4.69) is 12.6 Å². The predicted octanol–water partition coefficient (Wildman–Crippen LogP) is 1.73. The summed E-state index contributed by atoms with van der Waals surface area (Å²) >= 11 is 3.90.